The molecule has 0 saturated carbocycles. The molecule has 0 aliphatic carbocycles. The third-order valence-corrected chi connectivity index (χ3v) is 5.21. The zero-order chi connectivity index (χ0) is 21.5. The zero-order valence-corrected chi connectivity index (χ0v) is 17.0. The average molecular weight is 431 g/mol. The van der Waals surface area contributed by atoms with Gasteiger partial charge >= 0.3 is 12.0 Å². The van der Waals surface area contributed by atoms with E-state index in [1.807, 2.05) is 30.3 Å². The van der Waals surface area contributed by atoms with Gasteiger partial charge in [0, 0.05) is 17.1 Å². The molecule has 2 aromatic carbocycles. The second-order valence-corrected chi connectivity index (χ2v) is 7.44. The van der Waals surface area contributed by atoms with Gasteiger partial charge in [-0.05, 0) is 42.8 Å². The summed E-state index contributed by atoms with van der Waals surface area (Å²) in [6, 6.07) is 16.5. The first-order chi connectivity index (χ1) is 15.0. The van der Waals surface area contributed by atoms with E-state index in [2.05, 4.69) is 19.9 Å². The predicted octanol–water partition coefficient (Wildman–Crippen LogP) is 5.63. The lowest BCUT2D eigenvalue weighted by Gasteiger charge is -2.05. The lowest BCUT2D eigenvalue weighted by molar-refractivity contribution is 0.0695. The van der Waals surface area contributed by atoms with Crippen molar-refractivity contribution in [2.45, 2.75) is 6.92 Å². The maximum Gasteiger partial charge on any atom is 0.336 e. The number of hydrogen-bond acceptors (Lipinski definition) is 5. The van der Waals surface area contributed by atoms with Gasteiger partial charge in [-0.15, -0.1) is 0 Å². The number of ether oxygens (including phenoxy) is 1. The smallest absolute Gasteiger partial charge is 0.336 e. The molecule has 0 aliphatic heterocycles. The summed E-state index contributed by atoms with van der Waals surface area (Å²) in [6.07, 6.45) is 1.73. The van der Waals surface area contributed by atoms with Crippen LogP contribution in [0, 0.1) is 6.92 Å². The number of aryl methyl sites for hydroxylation is 1. The molecular weight excluding hydrogens is 416 g/mol. The summed E-state index contributed by atoms with van der Waals surface area (Å²) >= 11 is 6.49. The number of benzene rings is 2. The molecule has 0 aliphatic rings. The number of nitrogens with one attached hydrogen (secondary N) is 1. The van der Waals surface area contributed by atoms with E-state index in [0.717, 1.165) is 16.5 Å². The molecule has 7 nitrogen and oxygen atoms in total. The molecule has 0 saturated heterocycles. The number of para-hydroxylation sites is 1. The number of imidazole rings is 1. The number of hydrogen-bond donors (Lipinski definition) is 2. The van der Waals surface area contributed by atoms with Crippen molar-refractivity contribution in [1.29, 1.82) is 0 Å². The topological polar surface area (TPSA) is 101 Å². The van der Waals surface area contributed by atoms with Gasteiger partial charge in [-0.2, -0.15) is 4.98 Å². The summed E-state index contributed by atoms with van der Waals surface area (Å²) in [5.41, 5.74) is 4.07. The first-order valence-electron chi connectivity index (χ1n) is 9.41. The van der Waals surface area contributed by atoms with Crippen molar-refractivity contribution in [2.24, 2.45) is 0 Å². The van der Waals surface area contributed by atoms with Crippen LogP contribution >= 0.6 is 11.6 Å². The van der Waals surface area contributed by atoms with Gasteiger partial charge in [0.25, 0.3) is 0 Å². The highest BCUT2D eigenvalue weighted by Crippen LogP contribution is 2.31. The van der Waals surface area contributed by atoms with Crippen LogP contribution in [0.15, 0.2) is 60.8 Å². The van der Waals surface area contributed by atoms with Crippen LogP contribution in [0.25, 0.3) is 33.3 Å². The van der Waals surface area contributed by atoms with E-state index in [0.29, 0.717) is 33.2 Å². The first-order valence-corrected chi connectivity index (χ1v) is 9.79. The van der Waals surface area contributed by atoms with Gasteiger partial charge < -0.3 is 14.8 Å². The van der Waals surface area contributed by atoms with Crippen molar-refractivity contribution in [2.75, 3.05) is 0 Å². The minimum absolute atomic E-state index is 0.167. The Morgan fingerprint density at radius 2 is 1.94 bits per heavy atom. The van der Waals surface area contributed by atoms with Gasteiger partial charge in [-0.25, -0.2) is 9.78 Å². The van der Waals surface area contributed by atoms with Gasteiger partial charge in [0.05, 0.1) is 27.3 Å². The highest BCUT2D eigenvalue weighted by Gasteiger charge is 2.14. The fraction of sp³-hybridized carbons (Fsp3) is 0.0435. The van der Waals surface area contributed by atoms with Crippen molar-refractivity contribution in [3.8, 4) is 23.0 Å². The molecule has 0 unspecified atom stereocenters. The molecule has 31 heavy (non-hydrogen) atoms. The summed E-state index contributed by atoms with van der Waals surface area (Å²) < 4.78 is 5.73. The van der Waals surface area contributed by atoms with Crippen LogP contribution in [0.1, 0.15) is 15.9 Å². The zero-order valence-electron chi connectivity index (χ0n) is 16.3. The van der Waals surface area contributed by atoms with Crippen molar-refractivity contribution in [3.05, 3.63) is 76.9 Å². The number of fused-ring (bicyclic) bond motifs is 2. The maximum absolute atomic E-state index is 11.3. The summed E-state index contributed by atoms with van der Waals surface area (Å²) in [4.78, 5) is 27.8. The van der Waals surface area contributed by atoms with Gasteiger partial charge in [0.15, 0.2) is 5.65 Å². The quantitative estimate of drug-likeness (QED) is 0.383. The van der Waals surface area contributed by atoms with Crippen LogP contribution in [-0.2, 0) is 0 Å². The number of aromatic amines is 1. The number of pyridine rings is 2. The van der Waals surface area contributed by atoms with Crippen molar-refractivity contribution in [1.82, 2.24) is 19.9 Å². The number of aromatic carboxylic acids is 1. The SMILES string of the molecule is Cc1ccc(Oc2nc3nc(-c4cnc5ccccc5c4)c(Cl)cc3[nH]2)cc1C(=O)O. The second-order valence-electron chi connectivity index (χ2n) is 7.03. The second kappa shape index (κ2) is 7.37. The normalized spacial score (nSPS) is 11.2. The van der Waals surface area contributed by atoms with Gasteiger partial charge in [-0.1, -0.05) is 35.9 Å². The summed E-state index contributed by atoms with van der Waals surface area (Å²) in [5, 5.41) is 10.7. The molecule has 2 N–H and O–H groups in total. The van der Waals surface area contributed by atoms with Crippen molar-refractivity contribution in [3.63, 3.8) is 0 Å². The number of nitrogens with zero attached hydrogens (tertiary/aromatic N) is 3. The Kier molecular flexibility index (Phi) is 4.52. The van der Waals surface area contributed by atoms with Crippen LogP contribution in [-0.4, -0.2) is 31.0 Å². The molecule has 0 amide bonds. The number of aromatic nitrogens is 4. The number of H-pyrrole nitrogens is 1. The minimum Gasteiger partial charge on any atom is -0.478 e. The highest BCUT2D eigenvalue weighted by molar-refractivity contribution is 6.33. The standard InChI is InChI=1S/C23H15ClN4O3/c1-12-6-7-15(9-16(12)22(29)30)31-23-26-19-10-17(24)20(27-21(19)28-23)14-8-13-4-2-3-5-18(13)25-11-14/h2-11H,1H3,(H,29,30)(H,26,27,28). The Bertz CT molecular complexity index is 1480. The largest absolute Gasteiger partial charge is 0.478 e. The van der Waals surface area contributed by atoms with Gasteiger partial charge in [-0.3, -0.25) is 4.98 Å². The van der Waals surface area contributed by atoms with Crippen LogP contribution in [0.3, 0.4) is 0 Å². The Morgan fingerprint density at radius 3 is 2.77 bits per heavy atom. The lowest BCUT2D eigenvalue weighted by atomic mass is 10.1. The number of rotatable bonds is 4. The van der Waals surface area contributed by atoms with Crippen LogP contribution in [0.4, 0.5) is 0 Å². The minimum atomic E-state index is -1.02. The van der Waals surface area contributed by atoms with E-state index in [-0.39, 0.29) is 11.6 Å². The molecule has 0 spiro atoms. The molecule has 5 aromatic rings. The first kappa shape index (κ1) is 19.0. The van der Waals surface area contributed by atoms with E-state index in [1.165, 1.54) is 6.07 Å². The van der Waals surface area contributed by atoms with Crippen LogP contribution in [0.2, 0.25) is 5.02 Å². The van der Waals surface area contributed by atoms with Crippen molar-refractivity contribution < 1.29 is 14.6 Å². The van der Waals surface area contributed by atoms with E-state index >= 15 is 0 Å². The molecule has 0 fully saturated rings. The molecule has 152 valence electrons. The molecule has 5 rings (SSSR count). The fourth-order valence-corrected chi connectivity index (χ4v) is 3.61. The molecule has 8 heteroatoms. The third kappa shape index (κ3) is 3.55. The van der Waals surface area contributed by atoms with Crippen LogP contribution < -0.4 is 4.74 Å². The number of halogens is 1. The fourth-order valence-electron chi connectivity index (χ4n) is 3.35. The van der Waals surface area contributed by atoms with E-state index in [9.17, 15) is 9.90 Å². The lowest BCUT2D eigenvalue weighted by Crippen LogP contribution is -2.00. The molecule has 0 atom stereocenters. The van der Waals surface area contributed by atoms with E-state index < -0.39 is 5.97 Å². The Balaban J connectivity index is 1.52. The summed E-state index contributed by atoms with van der Waals surface area (Å²) in [7, 11) is 0. The molecule has 0 bridgehead atoms. The molecular formula is C23H15ClN4O3. The maximum atomic E-state index is 11.3. The third-order valence-electron chi connectivity index (χ3n) is 4.92. The summed E-state index contributed by atoms with van der Waals surface area (Å²) in [5.74, 6) is -0.665. The van der Waals surface area contributed by atoms with Crippen molar-refractivity contribution >= 4 is 39.6 Å². The number of carbonyl (C=O) groups is 1. The van der Waals surface area contributed by atoms with Gasteiger partial charge in [0.1, 0.15) is 5.75 Å². The average Bonchev–Trinajstić information content (AvgIpc) is 3.15. The molecule has 0 radical (unpaired) electrons. The Morgan fingerprint density at radius 1 is 1.10 bits per heavy atom. The molecule has 3 aromatic heterocycles. The molecule has 3 heterocycles. The monoisotopic (exact) mass is 430 g/mol. The predicted molar refractivity (Wildman–Crippen MR) is 118 cm³/mol. The summed E-state index contributed by atoms with van der Waals surface area (Å²) in [6.45, 7) is 1.73. The Labute approximate surface area is 181 Å². The van der Waals surface area contributed by atoms with E-state index in [4.69, 9.17) is 16.3 Å². The number of carboxylic acids is 1. The van der Waals surface area contributed by atoms with E-state index in [1.54, 1.807) is 31.3 Å². The number of carboxylic acid groups (broad SMARTS) is 1. The Hall–Kier alpha value is -3.97. The highest BCUT2D eigenvalue weighted by atomic mass is 35.5. The van der Waals surface area contributed by atoms with Crippen LogP contribution in [0.5, 0.6) is 11.8 Å². The van der Waals surface area contributed by atoms with Gasteiger partial charge in [0.2, 0.25) is 0 Å².